The predicted molar refractivity (Wildman–Crippen MR) is 74.4 cm³/mol. The van der Waals surface area contributed by atoms with Crippen LogP contribution in [0, 0.1) is 0 Å². The fraction of sp³-hybridized carbons (Fsp3) is 0.500. The Balaban J connectivity index is 1.90. The molecule has 6 heteroatoms. The lowest BCUT2D eigenvalue weighted by Gasteiger charge is -2.21. The minimum absolute atomic E-state index is 0.0636. The number of nitrogens with one attached hydrogen (secondary N) is 1. The zero-order valence-corrected chi connectivity index (χ0v) is 12.0. The second kappa shape index (κ2) is 5.95. The van der Waals surface area contributed by atoms with Crippen LogP contribution in [0.1, 0.15) is 18.4 Å². The molecular formula is C14H17ClF2N2O. The molecule has 1 N–H and O–H groups in total. The van der Waals surface area contributed by atoms with Crippen LogP contribution in [0.3, 0.4) is 0 Å². The van der Waals surface area contributed by atoms with Crippen molar-refractivity contribution in [2.45, 2.75) is 24.7 Å². The molecule has 0 spiro atoms. The number of benzene rings is 1. The molecule has 0 heterocycles. The second-order valence-corrected chi connectivity index (χ2v) is 5.65. The van der Waals surface area contributed by atoms with Gasteiger partial charge in [0, 0.05) is 24.0 Å². The number of hydrogen-bond acceptors (Lipinski definition) is 1. The molecule has 0 aromatic heterocycles. The SMILES string of the molecule is CN(CC(F)F)C(=O)NCC1(c2ccc(Cl)cc2)CC1. The minimum atomic E-state index is -2.52. The third-order valence-electron chi connectivity index (χ3n) is 3.65. The number of carbonyl (C=O) groups is 1. The van der Waals surface area contributed by atoms with Crippen LogP contribution in [0.25, 0.3) is 0 Å². The molecular weight excluding hydrogens is 286 g/mol. The first kappa shape index (κ1) is 15.0. The van der Waals surface area contributed by atoms with Crippen LogP contribution >= 0.6 is 11.6 Å². The number of alkyl halides is 2. The van der Waals surface area contributed by atoms with Crippen molar-refractivity contribution < 1.29 is 13.6 Å². The Kier molecular flexibility index (Phi) is 4.48. The smallest absolute Gasteiger partial charge is 0.317 e. The molecule has 0 bridgehead atoms. The molecule has 2 amide bonds. The second-order valence-electron chi connectivity index (χ2n) is 5.22. The van der Waals surface area contributed by atoms with Gasteiger partial charge in [-0.15, -0.1) is 0 Å². The molecule has 1 fully saturated rings. The number of halogens is 3. The molecule has 20 heavy (non-hydrogen) atoms. The van der Waals surface area contributed by atoms with Crippen molar-refractivity contribution in [1.82, 2.24) is 10.2 Å². The Morgan fingerprint density at radius 1 is 1.40 bits per heavy atom. The van der Waals surface area contributed by atoms with E-state index in [1.54, 1.807) is 0 Å². The Hall–Kier alpha value is -1.36. The normalized spacial score (nSPS) is 16.1. The molecule has 0 radical (unpaired) electrons. The summed E-state index contributed by atoms with van der Waals surface area (Å²) in [4.78, 5) is 12.7. The highest BCUT2D eigenvalue weighted by Crippen LogP contribution is 2.47. The van der Waals surface area contributed by atoms with E-state index in [4.69, 9.17) is 11.6 Å². The number of urea groups is 1. The Bertz CT molecular complexity index is 475. The van der Waals surface area contributed by atoms with Crippen LogP contribution in [0.5, 0.6) is 0 Å². The number of carbonyl (C=O) groups excluding carboxylic acids is 1. The third kappa shape index (κ3) is 3.60. The van der Waals surface area contributed by atoms with Gasteiger partial charge in [-0.05, 0) is 30.5 Å². The lowest BCUT2D eigenvalue weighted by atomic mass is 9.96. The summed E-state index contributed by atoms with van der Waals surface area (Å²) in [6, 6.07) is 7.07. The predicted octanol–water partition coefficient (Wildman–Crippen LogP) is 3.28. The van der Waals surface area contributed by atoms with Crippen LogP contribution in [0.15, 0.2) is 24.3 Å². The van der Waals surface area contributed by atoms with Crippen LogP contribution in [0.4, 0.5) is 13.6 Å². The molecule has 1 aromatic rings. The minimum Gasteiger partial charge on any atom is -0.337 e. The van der Waals surface area contributed by atoms with Gasteiger partial charge in [-0.1, -0.05) is 23.7 Å². The summed E-state index contributed by atoms with van der Waals surface area (Å²) < 4.78 is 24.4. The van der Waals surface area contributed by atoms with Crippen molar-refractivity contribution in [2.24, 2.45) is 0 Å². The van der Waals surface area contributed by atoms with Gasteiger partial charge in [-0.25, -0.2) is 13.6 Å². The van der Waals surface area contributed by atoms with Gasteiger partial charge in [0.25, 0.3) is 6.43 Å². The largest absolute Gasteiger partial charge is 0.337 e. The average molecular weight is 303 g/mol. The molecule has 110 valence electrons. The highest BCUT2D eigenvalue weighted by molar-refractivity contribution is 6.30. The maximum absolute atomic E-state index is 12.2. The summed E-state index contributed by atoms with van der Waals surface area (Å²) in [6.45, 7) is -0.0964. The maximum Gasteiger partial charge on any atom is 0.317 e. The number of amides is 2. The zero-order valence-electron chi connectivity index (χ0n) is 11.2. The Morgan fingerprint density at radius 3 is 2.50 bits per heavy atom. The lowest BCUT2D eigenvalue weighted by molar-refractivity contribution is 0.108. The molecule has 0 aliphatic heterocycles. The van der Waals surface area contributed by atoms with Gasteiger partial charge in [-0.2, -0.15) is 0 Å². The first-order valence-electron chi connectivity index (χ1n) is 6.46. The molecule has 0 atom stereocenters. The van der Waals surface area contributed by atoms with E-state index in [-0.39, 0.29) is 5.41 Å². The van der Waals surface area contributed by atoms with E-state index in [1.807, 2.05) is 24.3 Å². The van der Waals surface area contributed by atoms with Gasteiger partial charge in [0.2, 0.25) is 0 Å². The van der Waals surface area contributed by atoms with Gasteiger partial charge < -0.3 is 10.2 Å². The molecule has 3 nitrogen and oxygen atoms in total. The number of hydrogen-bond donors (Lipinski definition) is 1. The summed E-state index contributed by atoms with van der Waals surface area (Å²) >= 11 is 5.85. The van der Waals surface area contributed by atoms with E-state index in [1.165, 1.54) is 7.05 Å². The molecule has 1 aliphatic rings. The Morgan fingerprint density at radius 2 is 2.00 bits per heavy atom. The average Bonchev–Trinajstić information content (AvgIpc) is 3.17. The summed E-state index contributed by atoms with van der Waals surface area (Å²) in [5.74, 6) is 0. The van der Waals surface area contributed by atoms with E-state index >= 15 is 0 Å². The summed E-state index contributed by atoms with van der Waals surface area (Å²) in [5, 5.41) is 3.40. The van der Waals surface area contributed by atoms with Gasteiger partial charge in [0.05, 0.1) is 6.54 Å². The van der Waals surface area contributed by atoms with Crippen LogP contribution < -0.4 is 5.32 Å². The molecule has 1 saturated carbocycles. The first-order valence-corrected chi connectivity index (χ1v) is 6.84. The van der Waals surface area contributed by atoms with E-state index < -0.39 is 19.0 Å². The topological polar surface area (TPSA) is 32.3 Å². The van der Waals surface area contributed by atoms with Crippen molar-refractivity contribution in [1.29, 1.82) is 0 Å². The molecule has 0 saturated heterocycles. The number of rotatable bonds is 5. The van der Waals surface area contributed by atoms with Crippen molar-refractivity contribution in [2.75, 3.05) is 20.1 Å². The maximum atomic E-state index is 12.2. The fourth-order valence-electron chi connectivity index (χ4n) is 2.19. The van der Waals surface area contributed by atoms with Gasteiger partial charge in [0.1, 0.15) is 0 Å². The van der Waals surface area contributed by atoms with Crippen molar-refractivity contribution >= 4 is 17.6 Å². The Labute approximate surface area is 121 Å². The summed E-state index contributed by atoms with van der Waals surface area (Å²) in [7, 11) is 1.36. The molecule has 0 unspecified atom stereocenters. The summed E-state index contributed by atoms with van der Waals surface area (Å²) in [6.07, 6.45) is -0.557. The van der Waals surface area contributed by atoms with E-state index in [2.05, 4.69) is 5.32 Å². The van der Waals surface area contributed by atoms with E-state index in [9.17, 15) is 13.6 Å². The highest BCUT2D eigenvalue weighted by atomic mass is 35.5. The van der Waals surface area contributed by atoms with Crippen LogP contribution in [-0.4, -0.2) is 37.5 Å². The van der Waals surface area contributed by atoms with Crippen molar-refractivity contribution in [3.05, 3.63) is 34.9 Å². The zero-order chi connectivity index (χ0) is 14.8. The van der Waals surface area contributed by atoms with Crippen molar-refractivity contribution in [3.8, 4) is 0 Å². The van der Waals surface area contributed by atoms with E-state index in [0.717, 1.165) is 23.3 Å². The monoisotopic (exact) mass is 302 g/mol. The fourth-order valence-corrected chi connectivity index (χ4v) is 2.32. The quantitative estimate of drug-likeness (QED) is 0.889. The van der Waals surface area contributed by atoms with Crippen LogP contribution in [0.2, 0.25) is 5.02 Å². The lowest BCUT2D eigenvalue weighted by Crippen LogP contribution is -2.42. The van der Waals surface area contributed by atoms with E-state index in [0.29, 0.717) is 11.6 Å². The van der Waals surface area contributed by atoms with Gasteiger partial charge in [0.15, 0.2) is 0 Å². The van der Waals surface area contributed by atoms with Crippen molar-refractivity contribution in [3.63, 3.8) is 0 Å². The molecule has 1 aliphatic carbocycles. The third-order valence-corrected chi connectivity index (χ3v) is 3.90. The molecule has 2 rings (SSSR count). The van der Waals surface area contributed by atoms with Gasteiger partial charge in [-0.3, -0.25) is 0 Å². The summed E-state index contributed by atoms with van der Waals surface area (Å²) in [5.41, 5.74) is 1.06. The van der Waals surface area contributed by atoms with Crippen LogP contribution in [-0.2, 0) is 5.41 Å². The standard InChI is InChI=1S/C14H17ClF2N2O/c1-19(8-12(16)17)13(20)18-9-14(6-7-14)10-2-4-11(15)5-3-10/h2-5,12H,6-9H2,1H3,(H,18,20). The highest BCUT2D eigenvalue weighted by Gasteiger charge is 2.44. The van der Waals surface area contributed by atoms with Gasteiger partial charge >= 0.3 is 6.03 Å². The first-order chi connectivity index (χ1) is 9.43. The number of nitrogens with zero attached hydrogens (tertiary/aromatic N) is 1. The molecule has 1 aromatic carbocycles.